The van der Waals surface area contributed by atoms with E-state index in [1.54, 1.807) is 12.1 Å². The molecule has 6 heteroatoms. The molecule has 1 saturated heterocycles. The first-order valence-corrected chi connectivity index (χ1v) is 8.89. The Morgan fingerprint density at radius 1 is 1.12 bits per heavy atom. The van der Waals surface area contributed by atoms with Crippen LogP contribution in [0, 0.1) is 11.8 Å². The van der Waals surface area contributed by atoms with Gasteiger partial charge in [0.05, 0.1) is 0 Å². The molecule has 1 saturated carbocycles. The summed E-state index contributed by atoms with van der Waals surface area (Å²) in [6.07, 6.45) is 2.17. The summed E-state index contributed by atoms with van der Waals surface area (Å²) < 4.78 is 6.14. The fourth-order valence-electron chi connectivity index (χ4n) is 3.96. The zero-order valence-corrected chi connectivity index (χ0v) is 14.4. The summed E-state index contributed by atoms with van der Waals surface area (Å²) in [5.41, 5.74) is 0.0943. The lowest BCUT2D eigenvalue weighted by atomic mass is 9.99. The average molecular weight is 359 g/mol. The van der Waals surface area contributed by atoms with Crippen molar-refractivity contribution < 1.29 is 9.53 Å². The highest BCUT2D eigenvalue weighted by atomic mass is 35.5. The molecule has 25 heavy (non-hydrogen) atoms. The number of fused-ring (bicyclic) bond motifs is 1. The Balaban J connectivity index is 1.45. The molecular weight excluding hydrogens is 340 g/mol. The van der Waals surface area contributed by atoms with Crippen LogP contribution in [0.2, 0.25) is 5.02 Å². The molecule has 1 aliphatic heterocycles. The van der Waals surface area contributed by atoms with Crippen molar-refractivity contribution in [3.8, 4) is 5.75 Å². The zero-order chi connectivity index (χ0) is 17.4. The summed E-state index contributed by atoms with van der Waals surface area (Å²) in [4.78, 5) is 28.5. The number of hydrogen-bond acceptors (Lipinski definition) is 3. The third-order valence-corrected chi connectivity index (χ3v) is 5.43. The molecule has 1 aromatic heterocycles. The molecule has 1 aromatic carbocycles. The molecule has 0 spiro atoms. The monoisotopic (exact) mass is 358 g/mol. The van der Waals surface area contributed by atoms with Gasteiger partial charge in [0.2, 0.25) is 5.56 Å². The van der Waals surface area contributed by atoms with Crippen molar-refractivity contribution in [2.24, 2.45) is 11.8 Å². The van der Waals surface area contributed by atoms with E-state index in [4.69, 9.17) is 16.3 Å². The SMILES string of the molecule is O=C(c1cccc(=O)[nH]1)N1C[C@@H]2CC[C@H](Oc3ccc(Cl)cc3)[C@@H]2C1. The van der Waals surface area contributed by atoms with Gasteiger partial charge < -0.3 is 14.6 Å². The van der Waals surface area contributed by atoms with Gasteiger partial charge >= 0.3 is 0 Å². The number of pyridine rings is 1. The number of amides is 1. The molecular formula is C19H19ClN2O3. The van der Waals surface area contributed by atoms with Crippen LogP contribution in [0.3, 0.4) is 0 Å². The van der Waals surface area contributed by atoms with E-state index < -0.39 is 0 Å². The number of carbonyl (C=O) groups excluding carboxylic acids is 1. The van der Waals surface area contributed by atoms with E-state index in [0.29, 0.717) is 29.1 Å². The lowest BCUT2D eigenvalue weighted by Crippen LogP contribution is -2.33. The maximum atomic E-state index is 12.6. The van der Waals surface area contributed by atoms with Crippen LogP contribution in [-0.2, 0) is 0 Å². The Bertz CT molecular complexity index is 833. The predicted molar refractivity (Wildman–Crippen MR) is 95.0 cm³/mol. The maximum Gasteiger partial charge on any atom is 0.270 e. The van der Waals surface area contributed by atoms with Gasteiger partial charge in [0, 0.05) is 30.1 Å². The third-order valence-electron chi connectivity index (χ3n) is 5.18. The molecule has 130 valence electrons. The van der Waals surface area contributed by atoms with Gasteiger partial charge in [0.25, 0.3) is 5.91 Å². The maximum absolute atomic E-state index is 12.6. The number of rotatable bonds is 3. The molecule has 2 fully saturated rings. The number of likely N-dealkylation sites (tertiary alicyclic amines) is 1. The highest BCUT2D eigenvalue weighted by Crippen LogP contribution is 2.40. The van der Waals surface area contributed by atoms with Crippen molar-refractivity contribution in [3.63, 3.8) is 0 Å². The highest BCUT2D eigenvalue weighted by molar-refractivity contribution is 6.30. The molecule has 1 N–H and O–H groups in total. The smallest absolute Gasteiger partial charge is 0.270 e. The molecule has 0 unspecified atom stereocenters. The van der Waals surface area contributed by atoms with Crippen LogP contribution < -0.4 is 10.3 Å². The first-order chi connectivity index (χ1) is 12.1. The summed E-state index contributed by atoms with van der Waals surface area (Å²) >= 11 is 5.92. The molecule has 0 bridgehead atoms. The van der Waals surface area contributed by atoms with Crippen LogP contribution in [0.15, 0.2) is 47.3 Å². The summed E-state index contributed by atoms with van der Waals surface area (Å²) in [7, 11) is 0. The number of aromatic nitrogens is 1. The van der Waals surface area contributed by atoms with Crippen molar-refractivity contribution in [3.05, 3.63) is 63.5 Å². The van der Waals surface area contributed by atoms with Crippen LogP contribution in [-0.4, -0.2) is 35.0 Å². The van der Waals surface area contributed by atoms with Gasteiger partial charge in [0.1, 0.15) is 17.5 Å². The minimum absolute atomic E-state index is 0.110. The second-order valence-corrected chi connectivity index (χ2v) is 7.19. The molecule has 4 rings (SSSR count). The molecule has 2 aromatic rings. The summed E-state index contributed by atoms with van der Waals surface area (Å²) in [6.45, 7) is 1.39. The van der Waals surface area contributed by atoms with Crippen LogP contribution >= 0.6 is 11.6 Å². The number of ether oxygens (including phenoxy) is 1. The molecule has 2 heterocycles. The van der Waals surface area contributed by atoms with E-state index >= 15 is 0 Å². The Labute approximate surface area is 150 Å². The first-order valence-electron chi connectivity index (χ1n) is 8.51. The summed E-state index contributed by atoms with van der Waals surface area (Å²) in [5, 5.41) is 0.686. The average Bonchev–Trinajstić information content (AvgIpc) is 3.18. The van der Waals surface area contributed by atoms with Crippen molar-refractivity contribution in [2.75, 3.05) is 13.1 Å². The number of benzene rings is 1. The number of H-pyrrole nitrogens is 1. The van der Waals surface area contributed by atoms with Gasteiger partial charge in [-0.05, 0) is 49.1 Å². The van der Waals surface area contributed by atoms with Gasteiger partial charge in [-0.2, -0.15) is 0 Å². The second-order valence-electron chi connectivity index (χ2n) is 6.75. The topological polar surface area (TPSA) is 62.4 Å². The summed E-state index contributed by atoms with van der Waals surface area (Å²) in [5.74, 6) is 1.48. The number of aromatic amines is 1. The standard InChI is InChI=1S/C19H19ClN2O3/c20-13-5-7-14(8-6-13)25-17-9-4-12-10-22(11-15(12)17)19(24)16-2-1-3-18(23)21-16/h1-3,5-8,12,15,17H,4,9-11H2,(H,21,23)/t12-,15+,17-/m0/s1. The van der Waals surface area contributed by atoms with Crippen LogP contribution in [0.25, 0.3) is 0 Å². The van der Waals surface area contributed by atoms with E-state index in [2.05, 4.69) is 4.98 Å². The molecule has 1 amide bonds. The Kier molecular flexibility index (Phi) is 4.25. The highest BCUT2D eigenvalue weighted by Gasteiger charge is 2.45. The second kappa shape index (κ2) is 6.56. The van der Waals surface area contributed by atoms with E-state index in [1.165, 1.54) is 6.07 Å². The Morgan fingerprint density at radius 3 is 2.68 bits per heavy atom. The molecule has 2 aliphatic rings. The number of hydrogen-bond donors (Lipinski definition) is 1. The lowest BCUT2D eigenvalue weighted by molar-refractivity contribution is 0.0756. The molecule has 1 aliphatic carbocycles. The van der Waals surface area contributed by atoms with Gasteiger partial charge in [-0.1, -0.05) is 17.7 Å². The quantitative estimate of drug-likeness (QED) is 0.917. The van der Waals surface area contributed by atoms with Crippen LogP contribution in [0.4, 0.5) is 0 Å². The number of nitrogens with zero attached hydrogens (tertiary/aromatic N) is 1. The number of halogens is 1. The zero-order valence-electron chi connectivity index (χ0n) is 13.7. The van der Waals surface area contributed by atoms with Crippen molar-refractivity contribution >= 4 is 17.5 Å². The lowest BCUT2D eigenvalue weighted by Gasteiger charge is -2.22. The van der Waals surface area contributed by atoms with Gasteiger partial charge in [-0.25, -0.2) is 0 Å². The minimum atomic E-state index is -0.255. The molecule has 3 atom stereocenters. The minimum Gasteiger partial charge on any atom is -0.490 e. The largest absolute Gasteiger partial charge is 0.490 e. The molecule has 5 nitrogen and oxygen atoms in total. The Morgan fingerprint density at radius 2 is 1.92 bits per heavy atom. The number of carbonyl (C=O) groups is 1. The van der Waals surface area contributed by atoms with Gasteiger partial charge in [-0.3, -0.25) is 9.59 Å². The normalized spacial score (nSPS) is 25.0. The van der Waals surface area contributed by atoms with Crippen LogP contribution in [0.1, 0.15) is 23.3 Å². The van der Waals surface area contributed by atoms with Gasteiger partial charge in [0.15, 0.2) is 0 Å². The van der Waals surface area contributed by atoms with E-state index in [9.17, 15) is 9.59 Å². The van der Waals surface area contributed by atoms with E-state index in [-0.39, 0.29) is 17.6 Å². The summed E-state index contributed by atoms with van der Waals surface area (Å²) in [6, 6.07) is 12.1. The fraction of sp³-hybridized carbons (Fsp3) is 0.368. The number of nitrogens with one attached hydrogen (secondary N) is 1. The van der Waals surface area contributed by atoms with Crippen molar-refractivity contribution in [1.29, 1.82) is 0 Å². The first kappa shape index (κ1) is 16.2. The predicted octanol–water partition coefficient (Wildman–Crippen LogP) is 2.96. The Hall–Kier alpha value is -2.27. The third kappa shape index (κ3) is 3.29. The van der Waals surface area contributed by atoms with Crippen molar-refractivity contribution in [2.45, 2.75) is 18.9 Å². The van der Waals surface area contributed by atoms with E-state index in [1.807, 2.05) is 29.2 Å². The fourth-order valence-corrected chi connectivity index (χ4v) is 4.08. The van der Waals surface area contributed by atoms with E-state index in [0.717, 1.165) is 25.1 Å². The van der Waals surface area contributed by atoms with Crippen molar-refractivity contribution in [1.82, 2.24) is 9.88 Å². The van der Waals surface area contributed by atoms with Gasteiger partial charge in [-0.15, -0.1) is 0 Å². The van der Waals surface area contributed by atoms with Crippen LogP contribution in [0.5, 0.6) is 5.75 Å². The molecule has 0 radical (unpaired) electrons.